The first-order chi connectivity index (χ1) is 19.3. The molecule has 0 saturated carbocycles. The second-order valence-corrected chi connectivity index (χ2v) is 9.01. The number of ether oxygens (including phenoxy) is 2. The molecule has 8 nitrogen and oxygen atoms in total. The summed E-state index contributed by atoms with van der Waals surface area (Å²) < 4.78 is 46.7. The second kappa shape index (κ2) is 11.6. The zero-order valence-corrected chi connectivity index (χ0v) is 21.6. The molecule has 3 heterocycles. The number of alkyl halides is 3. The molecule has 0 spiro atoms. The van der Waals surface area contributed by atoms with E-state index in [0.29, 0.717) is 61.2 Å². The third-order valence-electron chi connectivity index (χ3n) is 6.33. The van der Waals surface area contributed by atoms with Gasteiger partial charge in [0.15, 0.2) is 5.82 Å². The molecule has 11 heteroatoms. The van der Waals surface area contributed by atoms with Crippen LogP contribution in [0.2, 0.25) is 0 Å². The molecule has 40 heavy (non-hydrogen) atoms. The Morgan fingerprint density at radius 1 is 0.850 bits per heavy atom. The van der Waals surface area contributed by atoms with E-state index in [2.05, 4.69) is 14.6 Å². The molecule has 0 aliphatic carbocycles. The number of hydrogen-bond acceptors (Lipinski definition) is 7. The molecule has 1 aliphatic rings. The van der Waals surface area contributed by atoms with Gasteiger partial charge in [0.2, 0.25) is 0 Å². The summed E-state index contributed by atoms with van der Waals surface area (Å²) in [5.41, 5.74) is 3.60. The van der Waals surface area contributed by atoms with E-state index in [9.17, 15) is 18.0 Å². The smallest absolute Gasteiger partial charge is 0.450 e. The van der Waals surface area contributed by atoms with Crippen molar-refractivity contribution < 1.29 is 27.4 Å². The second-order valence-electron chi connectivity index (χ2n) is 9.01. The van der Waals surface area contributed by atoms with E-state index in [1.165, 1.54) is 12.1 Å². The predicted octanol–water partition coefficient (Wildman–Crippen LogP) is 6.05. The van der Waals surface area contributed by atoms with Crippen LogP contribution in [-0.2, 0) is 4.74 Å². The summed E-state index contributed by atoms with van der Waals surface area (Å²) in [7, 11) is 0. The number of anilines is 1. The van der Waals surface area contributed by atoms with Gasteiger partial charge < -0.3 is 19.3 Å². The molecular formula is C29H26F3N5O3. The van der Waals surface area contributed by atoms with E-state index in [1.54, 1.807) is 36.4 Å². The number of hydrogen-bond donors (Lipinski definition) is 0. The SMILES string of the molecule is CCOC(=O)N1CCN(c2cc(-c3cncc(-c4ccc(OC(F)(F)F)cc4)c3)nc(-c3ccccc3)n2)CC1. The van der Waals surface area contributed by atoms with Gasteiger partial charge in [-0.15, -0.1) is 13.2 Å². The maximum Gasteiger partial charge on any atom is 0.573 e. The van der Waals surface area contributed by atoms with Crippen molar-refractivity contribution in [3.05, 3.63) is 79.1 Å². The molecule has 5 rings (SSSR count). The quantitative estimate of drug-likeness (QED) is 0.290. The predicted molar refractivity (Wildman–Crippen MR) is 144 cm³/mol. The first kappa shape index (κ1) is 26.9. The normalized spacial score (nSPS) is 13.7. The van der Waals surface area contributed by atoms with Crippen LogP contribution in [0.15, 0.2) is 79.1 Å². The monoisotopic (exact) mass is 549 g/mol. The van der Waals surface area contributed by atoms with Crippen LogP contribution in [-0.4, -0.2) is 65.1 Å². The largest absolute Gasteiger partial charge is 0.573 e. The average molecular weight is 550 g/mol. The number of pyridine rings is 1. The van der Waals surface area contributed by atoms with Crippen molar-refractivity contribution in [2.24, 2.45) is 0 Å². The number of benzene rings is 2. The molecule has 0 unspecified atom stereocenters. The Morgan fingerprint density at radius 2 is 1.55 bits per heavy atom. The van der Waals surface area contributed by atoms with Crippen molar-refractivity contribution in [3.63, 3.8) is 0 Å². The number of carbonyl (C=O) groups is 1. The van der Waals surface area contributed by atoms with E-state index >= 15 is 0 Å². The minimum absolute atomic E-state index is 0.295. The lowest BCUT2D eigenvalue weighted by Crippen LogP contribution is -2.49. The number of nitrogens with zero attached hydrogens (tertiary/aromatic N) is 5. The summed E-state index contributed by atoms with van der Waals surface area (Å²) in [5, 5.41) is 0. The molecule has 2 aromatic carbocycles. The summed E-state index contributed by atoms with van der Waals surface area (Å²) in [6.07, 6.45) is -1.76. The van der Waals surface area contributed by atoms with Crippen molar-refractivity contribution in [1.82, 2.24) is 19.9 Å². The Hall–Kier alpha value is -4.67. The molecule has 0 N–H and O–H groups in total. The van der Waals surface area contributed by atoms with Crippen molar-refractivity contribution in [2.45, 2.75) is 13.3 Å². The summed E-state index contributed by atoms with van der Waals surface area (Å²) in [6, 6.07) is 19.0. The Morgan fingerprint density at radius 3 is 2.23 bits per heavy atom. The molecule has 1 saturated heterocycles. The Kier molecular flexibility index (Phi) is 7.81. The minimum atomic E-state index is -4.75. The highest BCUT2D eigenvalue weighted by Gasteiger charge is 2.31. The zero-order valence-electron chi connectivity index (χ0n) is 21.6. The number of halogens is 3. The van der Waals surface area contributed by atoms with Crippen molar-refractivity contribution >= 4 is 11.9 Å². The van der Waals surface area contributed by atoms with Gasteiger partial charge in [0.1, 0.15) is 11.6 Å². The van der Waals surface area contributed by atoms with Gasteiger partial charge in [-0.05, 0) is 30.7 Å². The van der Waals surface area contributed by atoms with Gasteiger partial charge in [-0.3, -0.25) is 4.98 Å². The standard InChI is InChI=1S/C29H26F3N5O3/c1-2-39-28(38)37-14-12-36(13-15-37)26-17-25(34-27(35-26)21-6-4-3-5-7-21)23-16-22(18-33-19-23)20-8-10-24(11-9-20)40-29(30,31)32/h3-11,16-19H,2,12-15H2,1H3. The van der Waals surface area contributed by atoms with E-state index in [4.69, 9.17) is 14.7 Å². The third kappa shape index (κ3) is 6.48. The third-order valence-corrected chi connectivity index (χ3v) is 6.33. The van der Waals surface area contributed by atoms with E-state index in [-0.39, 0.29) is 11.8 Å². The van der Waals surface area contributed by atoms with Crippen LogP contribution in [0.25, 0.3) is 33.8 Å². The van der Waals surface area contributed by atoms with Crippen molar-refractivity contribution in [3.8, 4) is 39.5 Å². The number of carbonyl (C=O) groups excluding carboxylic acids is 1. The highest BCUT2D eigenvalue weighted by molar-refractivity contribution is 5.73. The summed E-state index contributed by atoms with van der Waals surface area (Å²) >= 11 is 0. The first-order valence-electron chi connectivity index (χ1n) is 12.7. The van der Waals surface area contributed by atoms with Crippen LogP contribution in [0.1, 0.15) is 6.92 Å². The molecule has 2 aromatic heterocycles. The highest BCUT2D eigenvalue weighted by atomic mass is 19.4. The van der Waals surface area contributed by atoms with Crippen LogP contribution in [0, 0.1) is 0 Å². The zero-order chi connectivity index (χ0) is 28.1. The Labute approximate surface area is 229 Å². The van der Waals surface area contributed by atoms with Crippen LogP contribution < -0.4 is 9.64 Å². The van der Waals surface area contributed by atoms with Gasteiger partial charge in [0, 0.05) is 61.3 Å². The molecule has 4 aromatic rings. The van der Waals surface area contributed by atoms with Crippen LogP contribution in [0.3, 0.4) is 0 Å². The van der Waals surface area contributed by atoms with Crippen LogP contribution in [0.5, 0.6) is 5.75 Å². The van der Waals surface area contributed by atoms with Gasteiger partial charge in [0.05, 0.1) is 12.3 Å². The van der Waals surface area contributed by atoms with Gasteiger partial charge in [-0.25, -0.2) is 14.8 Å². The van der Waals surface area contributed by atoms with Gasteiger partial charge >= 0.3 is 12.5 Å². The van der Waals surface area contributed by atoms with Crippen LogP contribution >= 0.6 is 0 Å². The number of piperazine rings is 1. The molecule has 1 amide bonds. The molecule has 0 bridgehead atoms. The van der Waals surface area contributed by atoms with Gasteiger partial charge in [-0.2, -0.15) is 0 Å². The fraction of sp³-hybridized carbons (Fsp3) is 0.241. The Balaban J connectivity index is 1.45. The van der Waals surface area contributed by atoms with Gasteiger partial charge in [0.25, 0.3) is 0 Å². The maximum absolute atomic E-state index is 12.5. The molecule has 1 aliphatic heterocycles. The van der Waals surface area contributed by atoms with Crippen LogP contribution in [0.4, 0.5) is 23.8 Å². The maximum atomic E-state index is 12.5. The molecule has 1 fully saturated rings. The average Bonchev–Trinajstić information content (AvgIpc) is 2.97. The number of amides is 1. The summed E-state index contributed by atoms with van der Waals surface area (Å²) in [4.78, 5) is 29.9. The topological polar surface area (TPSA) is 80.7 Å². The fourth-order valence-corrected chi connectivity index (χ4v) is 4.38. The minimum Gasteiger partial charge on any atom is -0.450 e. The lowest BCUT2D eigenvalue weighted by atomic mass is 10.0. The lowest BCUT2D eigenvalue weighted by molar-refractivity contribution is -0.274. The van der Waals surface area contributed by atoms with Crippen molar-refractivity contribution in [1.29, 1.82) is 0 Å². The first-order valence-corrected chi connectivity index (χ1v) is 12.7. The molecular weight excluding hydrogens is 523 g/mol. The summed E-state index contributed by atoms with van der Waals surface area (Å²) in [6.45, 7) is 4.27. The Bertz CT molecular complexity index is 1460. The van der Waals surface area contributed by atoms with Gasteiger partial charge in [-0.1, -0.05) is 42.5 Å². The fourth-order valence-electron chi connectivity index (χ4n) is 4.38. The van der Waals surface area contributed by atoms with E-state index in [1.807, 2.05) is 42.5 Å². The summed E-state index contributed by atoms with van der Waals surface area (Å²) in [5.74, 6) is 0.961. The molecule has 0 atom stereocenters. The number of aromatic nitrogens is 3. The number of rotatable bonds is 6. The molecule has 206 valence electrons. The van der Waals surface area contributed by atoms with E-state index < -0.39 is 6.36 Å². The molecule has 0 radical (unpaired) electrons. The lowest BCUT2D eigenvalue weighted by Gasteiger charge is -2.35. The van der Waals surface area contributed by atoms with Crippen molar-refractivity contribution in [2.75, 3.05) is 37.7 Å². The van der Waals surface area contributed by atoms with E-state index in [0.717, 1.165) is 11.1 Å². The highest BCUT2D eigenvalue weighted by Crippen LogP contribution is 2.31.